The summed E-state index contributed by atoms with van der Waals surface area (Å²) in [5, 5.41) is 0. The zero-order valence-electron chi connectivity index (χ0n) is 16.1. The molecule has 0 N–H and O–H groups in total. The summed E-state index contributed by atoms with van der Waals surface area (Å²) >= 11 is 0. The molecule has 0 bridgehead atoms. The highest BCUT2D eigenvalue weighted by molar-refractivity contribution is 4.88. The van der Waals surface area contributed by atoms with Crippen LogP contribution in [-0.2, 0) is 23.7 Å². The van der Waals surface area contributed by atoms with E-state index in [2.05, 4.69) is 18.7 Å². The number of nitrogens with zero attached hydrogens (tertiary/aromatic N) is 1. The van der Waals surface area contributed by atoms with Crippen LogP contribution in [0.4, 0.5) is 0 Å². The Labute approximate surface area is 152 Å². The van der Waals surface area contributed by atoms with Crippen LogP contribution >= 0.6 is 0 Å². The Morgan fingerprint density at radius 1 is 1.00 bits per heavy atom. The van der Waals surface area contributed by atoms with Crippen LogP contribution in [0.15, 0.2) is 0 Å². The second-order valence-corrected chi connectivity index (χ2v) is 8.20. The van der Waals surface area contributed by atoms with Gasteiger partial charge in [0.1, 0.15) is 0 Å². The second-order valence-electron chi connectivity index (χ2n) is 8.20. The van der Waals surface area contributed by atoms with Crippen molar-refractivity contribution in [1.82, 2.24) is 4.90 Å². The van der Waals surface area contributed by atoms with Crippen LogP contribution in [-0.4, -0.2) is 89.1 Å². The minimum Gasteiger partial charge on any atom is -0.381 e. The van der Waals surface area contributed by atoms with E-state index in [9.17, 15) is 0 Å². The average Bonchev–Trinajstić information content (AvgIpc) is 2.46. The Morgan fingerprint density at radius 3 is 2.36 bits per heavy atom. The molecule has 0 spiro atoms. The van der Waals surface area contributed by atoms with Gasteiger partial charge in [0.25, 0.3) is 0 Å². The minimum absolute atomic E-state index is 0.0603. The first-order valence-electron chi connectivity index (χ1n) is 9.76. The fourth-order valence-corrected chi connectivity index (χ4v) is 3.44. The normalized spacial score (nSPS) is 29.3. The Bertz CT molecular complexity index is 389. The average molecular weight is 357 g/mol. The first-order chi connectivity index (χ1) is 12.1. The lowest BCUT2D eigenvalue weighted by atomic mass is 9.87. The van der Waals surface area contributed by atoms with Crippen molar-refractivity contribution < 1.29 is 23.7 Å². The lowest BCUT2D eigenvalue weighted by molar-refractivity contribution is -0.200. The Morgan fingerprint density at radius 2 is 1.76 bits per heavy atom. The smallest absolute Gasteiger partial charge is 0.0828 e. The Hall–Kier alpha value is -0.240. The van der Waals surface area contributed by atoms with Crippen molar-refractivity contribution in [2.45, 2.75) is 57.5 Å². The molecule has 6 heteroatoms. The predicted molar refractivity (Wildman–Crippen MR) is 94.9 cm³/mol. The summed E-state index contributed by atoms with van der Waals surface area (Å²) in [5.41, 5.74) is 0.0603. The van der Waals surface area contributed by atoms with Gasteiger partial charge in [-0.1, -0.05) is 0 Å². The van der Waals surface area contributed by atoms with Crippen LogP contribution in [0.2, 0.25) is 0 Å². The number of likely N-dealkylation sites (tertiary alicyclic amines) is 1. The molecule has 3 fully saturated rings. The lowest BCUT2D eigenvalue weighted by Gasteiger charge is -2.43. The summed E-state index contributed by atoms with van der Waals surface area (Å²) in [5.74, 6) is 0. The predicted octanol–water partition coefficient (Wildman–Crippen LogP) is 1.71. The van der Waals surface area contributed by atoms with Gasteiger partial charge in [0.2, 0.25) is 0 Å². The highest BCUT2D eigenvalue weighted by Gasteiger charge is 2.41. The standard InChI is InChI=1S/C19H35NO5/c1-15(2)20-9-18(10-20)24-6-4-5-22-11-19(12-23-13-19)14-25-17-7-16(8-17)21-3/h15-18H,4-14H2,1-3H3. The molecule has 0 amide bonds. The van der Waals surface area contributed by atoms with Gasteiger partial charge in [-0.05, 0) is 33.1 Å². The fourth-order valence-electron chi connectivity index (χ4n) is 3.44. The van der Waals surface area contributed by atoms with Gasteiger partial charge in [-0.3, -0.25) is 4.90 Å². The summed E-state index contributed by atoms with van der Waals surface area (Å²) < 4.78 is 28.5. The van der Waals surface area contributed by atoms with E-state index in [0.717, 1.165) is 72.0 Å². The van der Waals surface area contributed by atoms with E-state index >= 15 is 0 Å². The zero-order valence-corrected chi connectivity index (χ0v) is 16.1. The van der Waals surface area contributed by atoms with Crippen molar-refractivity contribution in [3.63, 3.8) is 0 Å². The van der Waals surface area contributed by atoms with Crippen LogP contribution in [0, 0.1) is 5.41 Å². The molecule has 2 saturated heterocycles. The molecule has 1 saturated carbocycles. The largest absolute Gasteiger partial charge is 0.381 e. The van der Waals surface area contributed by atoms with Crippen LogP contribution in [0.1, 0.15) is 33.1 Å². The molecule has 6 nitrogen and oxygen atoms in total. The zero-order chi connectivity index (χ0) is 17.7. The summed E-state index contributed by atoms with van der Waals surface area (Å²) in [7, 11) is 1.77. The van der Waals surface area contributed by atoms with Crippen molar-refractivity contribution in [3.05, 3.63) is 0 Å². The molecule has 2 aliphatic heterocycles. The number of hydrogen-bond acceptors (Lipinski definition) is 6. The molecule has 3 aliphatic rings. The quantitative estimate of drug-likeness (QED) is 0.496. The molecule has 3 rings (SSSR count). The first-order valence-corrected chi connectivity index (χ1v) is 9.76. The molecule has 1 aliphatic carbocycles. The van der Waals surface area contributed by atoms with Gasteiger partial charge in [0.15, 0.2) is 0 Å². The minimum atomic E-state index is 0.0603. The van der Waals surface area contributed by atoms with E-state index < -0.39 is 0 Å². The van der Waals surface area contributed by atoms with Gasteiger partial charge in [-0.25, -0.2) is 0 Å². The molecule has 0 aromatic carbocycles. The van der Waals surface area contributed by atoms with E-state index in [1.54, 1.807) is 7.11 Å². The van der Waals surface area contributed by atoms with E-state index in [1.165, 1.54) is 0 Å². The van der Waals surface area contributed by atoms with Crippen LogP contribution in [0.3, 0.4) is 0 Å². The summed E-state index contributed by atoms with van der Waals surface area (Å²) in [6.07, 6.45) is 4.14. The fraction of sp³-hybridized carbons (Fsp3) is 1.00. The molecule has 0 aromatic rings. The maximum Gasteiger partial charge on any atom is 0.0828 e. The maximum atomic E-state index is 6.01. The lowest BCUT2D eigenvalue weighted by Crippen LogP contribution is -2.55. The van der Waals surface area contributed by atoms with E-state index in [0.29, 0.717) is 24.4 Å². The highest BCUT2D eigenvalue weighted by Crippen LogP contribution is 2.32. The first kappa shape index (κ1) is 19.5. The van der Waals surface area contributed by atoms with Crippen molar-refractivity contribution in [3.8, 4) is 0 Å². The summed E-state index contributed by atoms with van der Waals surface area (Å²) in [6, 6.07) is 0.631. The summed E-state index contributed by atoms with van der Waals surface area (Å²) in [4.78, 5) is 2.43. The molecular weight excluding hydrogens is 322 g/mol. The third-order valence-corrected chi connectivity index (χ3v) is 5.63. The SMILES string of the molecule is COC1CC(OCC2(COCCCOC3CN(C(C)C)C3)COC2)C1. The molecule has 2 heterocycles. The Balaban J connectivity index is 1.18. The molecule has 0 radical (unpaired) electrons. The molecule has 146 valence electrons. The number of rotatable bonds is 12. The van der Waals surface area contributed by atoms with Gasteiger partial charge in [-0.15, -0.1) is 0 Å². The van der Waals surface area contributed by atoms with Gasteiger partial charge < -0.3 is 23.7 Å². The number of hydrogen-bond donors (Lipinski definition) is 0. The van der Waals surface area contributed by atoms with Crippen molar-refractivity contribution >= 4 is 0 Å². The van der Waals surface area contributed by atoms with Gasteiger partial charge in [0, 0.05) is 39.5 Å². The van der Waals surface area contributed by atoms with Crippen LogP contribution < -0.4 is 0 Å². The Kier molecular flexibility index (Phi) is 7.11. The van der Waals surface area contributed by atoms with Crippen molar-refractivity contribution in [1.29, 1.82) is 0 Å². The molecule has 0 atom stereocenters. The van der Waals surface area contributed by atoms with Gasteiger partial charge >= 0.3 is 0 Å². The topological polar surface area (TPSA) is 49.4 Å². The molecular formula is C19H35NO5. The molecule has 0 aromatic heterocycles. The maximum absolute atomic E-state index is 6.01. The monoisotopic (exact) mass is 357 g/mol. The number of ether oxygens (including phenoxy) is 5. The summed E-state index contributed by atoms with van der Waals surface area (Å²) in [6.45, 7) is 11.1. The van der Waals surface area contributed by atoms with Gasteiger partial charge in [-0.2, -0.15) is 0 Å². The third kappa shape index (κ3) is 5.37. The highest BCUT2D eigenvalue weighted by atomic mass is 16.5. The molecule has 25 heavy (non-hydrogen) atoms. The molecule has 0 unspecified atom stereocenters. The van der Waals surface area contributed by atoms with E-state index in [1.807, 2.05) is 0 Å². The van der Waals surface area contributed by atoms with Crippen LogP contribution in [0.25, 0.3) is 0 Å². The van der Waals surface area contributed by atoms with Gasteiger partial charge in [0.05, 0.1) is 50.2 Å². The van der Waals surface area contributed by atoms with Crippen molar-refractivity contribution in [2.24, 2.45) is 5.41 Å². The second kappa shape index (κ2) is 9.11. The third-order valence-electron chi connectivity index (χ3n) is 5.63. The number of methoxy groups -OCH3 is 1. The van der Waals surface area contributed by atoms with Crippen LogP contribution in [0.5, 0.6) is 0 Å². The van der Waals surface area contributed by atoms with Crippen molar-refractivity contribution in [2.75, 3.05) is 59.8 Å². The van der Waals surface area contributed by atoms with E-state index in [-0.39, 0.29) is 5.41 Å². The van der Waals surface area contributed by atoms with E-state index in [4.69, 9.17) is 23.7 Å².